The molecule has 1 saturated carbocycles. The van der Waals surface area contributed by atoms with Crippen LogP contribution in [-0.4, -0.2) is 26.6 Å². The third kappa shape index (κ3) is 3.05. The summed E-state index contributed by atoms with van der Waals surface area (Å²) < 4.78 is 0. The Balaban J connectivity index is 1.71. The van der Waals surface area contributed by atoms with Gasteiger partial charge in [-0.25, -0.2) is 0 Å². The molecular weight excluding hydrogens is 284 g/mol. The van der Waals surface area contributed by atoms with Crippen molar-refractivity contribution in [3.8, 4) is 0 Å². The summed E-state index contributed by atoms with van der Waals surface area (Å²) >= 11 is 3.96. The van der Waals surface area contributed by atoms with Crippen molar-refractivity contribution in [2.24, 2.45) is 0 Å². The van der Waals surface area contributed by atoms with Gasteiger partial charge in [0.05, 0.1) is 6.10 Å². The first-order valence-corrected chi connectivity index (χ1v) is 9.69. The average Bonchev–Trinajstić information content (AvgIpc) is 2.39. The van der Waals surface area contributed by atoms with E-state index in [0.717, 1.165) is 17.2 Å². The summed E-state index contributed by atoms with van der Waals surface area (Å²) in [6.07, 6.45) is 3.69. The van der Waals surface area contributed by atoms with Crippen molar-refractivity contribution in [3.05, 3.63) is 35.4 Å². The summed E-state index contributed by atoms with van der Waals surface area (Å²) in [6.45, 7) is 4.58. The van der Waals surface area contributed by atoms with Crippen molar-refractivity contribution in [2.45, 2.75) is 60.9 Å². The number of hydrogen-bond donors (Lipinski definition) is 1. The van der Waals surface area contributed by atoms with Crippen LogP contribution in [-0.2, 0) is 0 Å². The van der Waals surface area contributed by atoms with Gasteiger partial charge in [-0.3, -0.25) is 0 Å². The molecule has 0 aromatic heterocycles. The molecule has 3 rings (SSSR count). The highest BCUT2D eigenvalue weighted by Crippen LogP contribution is 2.42. The number of aliphatic hydroxyl groups is 1. The van der Waals surface area contributed by atoms with Gasteiger partial charge in [0.2, 0.25) is 0 Å². The zero-order chi connectivity index (χ0) is 14.1. The Hall–Kier alpha value is -0.120. The van der Waals surface area contributed by atoms with Gasteiger partial charge in [-0.05, 0) is 29.9 Å². The summed E-state index contributed by atoms with van der Waals surface area (Å²) in [5.74, 6) is 1.81. The molecule has 2 aliphatic rings. The Morgan fingerprint density at radius 2 is 2.00 bits per heavy atom. The molecule has 0 radical (unpaired) electrons. The smallest absolute Gasteiger partial charge is 0.0916 e. The molecule has 1 heterocycles. The van der Waals surface area contributed by atoms with E-state index in [-0.39, 0.29) is 6.10 Å². The number of hydrogen-bond acceptors (Lipinski definition) is 3. The zero-order valence-corrected chi connectivity index (χ0v) is 13.9. The summed E-state index contributed by atoms with van der Waals surface area (Å²) in [6, 6.07) is 8.70. The van der Waals surface area contributed by atoms with Crippen LogP contribution in [0.3, 0.4) is 0 Å². The molecule has 1 nitrogen and oxygen atoms in total. The van der Waals surface area contributed by atoms with Gasteiger partial charge in [0.25, 0.3) is 0 Å². The molecule has 4 atom stereocenters. The highest BCUT2D eigenvalue weighted by molar-refractivity contribution is 8.07. The number of rotatable bonds is 3. The van der Waals surface area contributed by atoms with E-state index in [2.05, 4.69) is 38.1 Å². The third-order valence-electron chi connectivity index (χ3n) is 4.75. The van der Waals surface area contributed by atoms with Crippen LogP contribution in [0.15, 0.2) is 24.3 Å². The Morgan fingerprint density at radius 3 is 2.65 bits per heavy atom. The minimum atomic E-state index is -0.317. The molecule has 1 aliphatic carbocycles. The molecule has 0 spiro atoms. The van der Waals surface area contributed by atoms with Gasteiger partial charge in [-0.1, -0.05) is 44.5 Å². The fraction of sp³-hybridized carbons (Fsp3) is 0.647. The maximum absolute atomic E-state index is 10.7. The molecule has 1 saturated heterocycles. The highest BCUT2D eigenvalue weighted by Gasteiger charge is 2.31. The molecular formula is C17H24OS2. The molecule has 1 aromatic carbocycles. The molecule has 0 amide bonds. The highest BCUT2D eigenvalue weighted by atomic mass is 32.2. The molecule has 20 heavy (non-hydrogen) atoms. The van der Waals surface area contributed by atoms with Crippen LogP contribution in [0.5, 0.6) is 0 Å². The molecule has 3 heteroatoms. The SMILES string of the molecule is CC1SCC(C(O)c2cccc(C3CCC3)c2)SC1C. The van der Waals surface area contributed by atoms with Gasteiger partial charge in [0, 0.05) is 21.5 Å². The minimum absolute atomic E-state index is 0.317. The van der Waals surface area contributed by atoms with E-state index >= 15 is 0 Å². The fourth-order valence-corrected chi connectivity index (χ4v) is 5.93. The van der Waals surface area contributed by atoms with Gasteiger partial charge in [0.1, 0.15) is 0 Å². The van der Waals surface area contributed by atoms with E-state index in [4.69, 9.17) is 0 Å². The normalized spacial score (nSPS) is 32.6. The molecule has 0 bridgehead atoms. The van der Waals surface area contributed by atoms with Crippen molar-refractivity contribution in [1.82, 2.24) is 0 Å². The van der Waals surface area contributed by atoms with Gasteiger partial charge < -0.3 is 5.11 Å². The van der Waals surface area contributed by atoms with Crippen LogP contribution in [0.4, 0.5) is 0 Å². The summed E-state index contributed by atoms with van der Waals surface area (Å²) in [5.41, 5.74) is 2.55. The van der Waals surface area contributed by atoms with Gasteiger partial charge in [0.15, 0.2) is 0 Å². The number of thioether (sulfide) groups is 2. The van der Waals surface area contributed by atoms with Crippen LogP contribution in [0.25, 0.3) is 0 Å². The zero-order valence-electron chi connectivity index (χ0n) is 12.3. The van der Waals surface area contributed by atoms with Crippen LogP contribution in [0.1, 0.15) is 56.3 Å². The predicted molar refractivity (Wildman–Crippen MR) is 90.8 cm³/mol. The second-order valence-electron chi connectivity index (χ2n) is 6.16. The lowest BCUT2D eigenvalue weighted by Crippen LogP contribution is -2.30. The van der Waals surface area contributed by atoms with E-state index in [1.54, 1.807) is 0 Å². The first-order chi connectivity index (χ1) is 9.65. The van der Waals surface area contributed by atoms with Crippen LogP contribution < -0.4 is 0 Å². The standard InChI is InChI=1S/C17H24OS2/c1-11-12(2)20-16(10-19-11)17(18)15-8-4-7-14(9-15)13-5-3-6-13/h4,7-9,11-13,16-18H,3,5-6,10H2,1-2H3. The van der Waals surface area contributed by atoms with Gasteiger partial charge in [-0.15, -0.1) is 0 Å². The maximum Gasteiger partial charge on any atom is 0.0916 e. The van der Waals surface area contributed by atoms with Crippen LogP contribution in [0, 0.1) is 0 Å². The van der Waals surface area contributed by atoms with Gasteiger partial charge >= 0.3 is 0 Å². The van der Waals surface area contributed by atoms with Crippen LogP contribution in [0.2, 0.25) is 0 Å². The first-order valence-electron chi connectivity index (χ1n) is 7.70. The monoisotopic (exact) mass is 308 g/mol. The van der Waals surface area contributed by atoms with Gasteiger partial charge in [-0.2, -0.15) is 23.5 Å². The van der Waals surface area contributed by atoms with Crippen molar-refractivity contribution in [1.29, 1.82) is 0 Å². The first kappa shape index (κ1) is 14.8. The van der Waals surface area contributed by atoms with E-state index in [9.17, 15) is 5.11 Å². The Bertz CT molecular complexity index is 458. The van der Waals surface area contributed by atoms with E-state index < -0.39 is 0 Å². The van der Waals surface area contributed by atoms with Crippen molar-refractivity contribution >= 4 is 23.5 Å². The lowest BCUT2D eigenvalue weighted by Gasteiger charge is -2.34. The van der Waals surface area contributed by atoms with Crippen LogP contribution >= 0.6 is 23.5 Å². The fourth-order valence-electron chi connectivity index (χ4n) is 2.93. The lowest BCUT2D eigenvalue weighted by molar-refractivity contribution is 0.180. The topological polar surface area (TPSA) is 20.2 Å². The summed E-state index contributed by atoms with van der Waals surface area (Å²) in [5, 5.41) is 12.4. The maximum atomic E-state index is 10.7. The summed E-state index contributed by atoms with van der Waals surface area (Å²) in [4.78, 5) is 0. The Morgan fingerprint density at radius 1 is 1.20 bits per heavy atom. The second-order valence-corrected chi connectivity index (χ2v) is 9.19. The van der Waals surface area contributed by atoms with E-state index in [0.29, 0.717) is 15.7 Å². The minimum Gasteiger partial charge on any atom is -0.387 e. The Labute approximate surface area is 130 Å². The predicted octanol–water partition coefficient (Wildman–Crippen LogP) is 4.61. The Kier molecular flexibility index (Phi) is 4.68. The largest absolute Gasteiger partial charge is 0.387 e. The molecule has 1 N–H and O–H groups in total. The molecule has 110 valence electrons. The quantitative estimate of drug-likeness (QED) is 0.880. The number of benzene rings is 1. The molecule has 1 aromatic rings. The lowest BCUT2D eigenvalue weighted by atomic mass is 9.79. The third-order valence-corrected chi connectivity index (χ3v) is 8.24. The van der Waals surface area contributed by atoms with E-state index in [1.807, 2.05) is 23.5 Å². The van der Waals surface area contributed by atoms with Crippen molar-refractivity contribution < 1.29 is 5.11 Å². The number of aliphatic hydroxyl groups excluding tert-OH is 1. The molecule has 2 fully saturated rings. The van der Waals surface area contributed by atoms with Crippen molar-refractivity contribution in [3.63, 3.8) is 0 Å². The average molecular weight is 309 g/mol. The summed E-state index contributed by atoms with van der Waals surface area (Å²) in [7, 11) is 0. The molecule has 4 unspecified atom stereocenters. The van der Waals surface area contributed by atoms with E-state index in [1.165, 1.54) is 24.8 Å². The second kappa shape index (κ2) is 6.33. The van der Waals surface area contributed by atoms with Crippen molar-refractivity contribution in [2.75, 3.05) is 5.75 Å². The molecule has 1 aliphatic heterocycles.